The third kappa shape index (κ3) is 3.52. The number of pyridine rings is 1. The number of benzene rings is 1. The molecule has 142 valence electrons. The Bertz CT molecular complexity index is 828. The van der Waals surface area contributed by atoms with Crippen molar-refractivity contribution in [3.63, 3.8) is 0 Å². The SMILES string of the molecule is Cc1cccc(CN2CCO[C@@H]3CN(Cc4ccc5c(c4)OCO5)C[C@@H]32)n1. The van der Waals surface area contributed by atoms with E-state index in [1.54, 1.807) is 0 Å². The topological polar surface area (TPSA) is 47.1 Å². The van der Waals surface area contributed by atoms with E-state index in [4.69, 9.17) is 14.2 Å². The van der Waals surface area contributed by atoms with Gasteiger partial charge in [-0.1, -0.05) is 12.1 Å². The molecule has 0 unspecified atom stereocenters. The first kappa shape index (κ1) is 17.0. The van der Waals surface area contributed by atoms with Gasteiger partial charge in [0.15, 0.2) is 11.5 Å². The van der Waals surface area contributed by atoms with Crippen LogP contribution in [0.4, 0.5) is 0 Å². The molecule has 0 aliphatic carbocycles. The molecule has 6 heteroatoms. The third-order valence-electron chi connectivity index (χ3n) is 5.65. The predicted octanol–water partition coefficient (Wildman–Crippen LogP) is 2.20. The standard InChI is InChI=1S/C21H25N3O3/c1-15-3-2-4-17(22-15)11-24-7-8-25-21-13-23(12-18(21)24)10-16-5-6-19-20(9-16)27-14-26-19/h2-6,9,18,21H,7-8,10-14H2,1H3/t18-,21+/m0/s1. The summed E-state index contributed by atoms with van der Waals surface area (Å²) >= 11 is 0. The van der Waals surface area contributed by atoms with E-state index in [1.807, 2.05) is 19.1 Å². The molecule has 5 rings (SSSR count). The minimum atomic E-state index is 0.276. The van der Waals surface area contributed by atoms with Crippen LogP contribution in [0, 0.1) is 6.92 Å². The molecule has 3 aliphatic rings. The second-order valence-electron chi connectivity index (χ2n) is 7.60. The summed E-state index contributed by atoms with van der Waals surface area (Å²) in [4.78, 5) is 9.70. The van der Waals surface area contributed by atoms with Gasteiger partial charge < -0.3 is 14.2 Å². The smallest absolute Gasteiger partial charge is 0.231 e. The molecule has 0 spiro atoms. The van der Waals surface area contributed by atoms with Crippen molar-refractivity contribution in [2.45, 2.75) is 32.2 Å². The molecule has 1 aromatic heterocycles. The summed E-state index contributed by atoms with van der Waals surface area (Å²) < 4.78 is 17.0. The van der Waals surface area contributed by atoms with E-state index >= 15 is 0 Å². The van der Waals surface area contributed by atoms with Gasteiger partial charge in [-0.05, 0) is 36.8 Å². The van der Waals surface area contributed by atoms with Crippen LogP contribution in [0.1, 0.15) is 17.0 Å². The Morgan fingerprint density at radius 1 is 1.07 bits per heavy atom. The summed E-state index contributed by atoms with van der Waals surface area (Å²) in [6.45, 7) is 7.92. The Kier molecular flexibility index (Phi) is 4.47. The highest BCUT2D eigenvalue weighted by Crippen LogP contribution is 2.33. The maximum atomic E-state index is 6.09. The Morgan fingerprint density at radius 2 is 2.00 bits per heavy atom. The molecular weight excluding hydrogens is 342 g/mol. The van der Waals surface area contributed by atoms with E-state index in [0.717, 1.165) is 62.2 Å². The average molecular weight is 367 g/mol. The monoisotopic (exact) mass is 367 g/mol. The second kappa shape index (κ2) is 7.11. The molecule has 0 radical (unpaired) electrons. The Balaban J connectivity index is 1.26. The molecule has 2 aromatic rings. The molecule has 2 saturated heterocycles. The summed E-state index contributed by atoms with van der Waals surface area (Å²) in [5, 5.41) is 0. The van der Waals surface area contributed by atoms with Crippen LogP contribution in [-0.2, 0) is 17.8 Å². The molecule has 6 nitrogen and oxygen atoms in total. The van der Waals surface area contributed by atoms with E-state index in [2.05, 4.69) is 39.0 Å². The van der Waals surface area contributed by atoms with Crippen molar-refractivity contribution in [3.05, 3.63) is 53.3 Å². The van der Waals surface area contributed by atoms with Crippen molar-refractivity contribution in [2.24, 2.45) is 0 Å². The maximum Gasteiger partial charge on any atom is 0.231 e. The van der Waals surface area contributed by atoms with Gasteiger partial charge in [-0.3, -0.25) is 14.8 Å². The lowest BCUT2D eigenvalue weighted by Gasteiger charge is -2.36. The van der Waals surface area contributed by atoms with Gasteiger partial charge in [0.05, 0.1) is 24.4 Å². The van der Waals surface area contributed by atoms with Crippen molar-refractivity contribution in [1.29, 1.82) is 0 Å². The van der Waals surface area contributed by atoms with Crippen LogP contribution in [-0.4, -0.2) is 60.0 Å². The van der Waals surface area contributed by atoms with Crippen molar-refractivity contribution in [1.82, 2.24) is 14.8 Å². The summed E-state index contributed by atoms with van der Waals surface area (Å²) in [5.41, 5.74) is 3.47. The number of morpholine rings is 1. The van der Waals surface area contributed by atoms with Crippen molar-refractivity contribution < 1.29 is 14.2 Å². The number of hydrogen-bond donors (Lipinski definition) is 0. The molecule has 27 heavy (non-hydrogen) atoms. The van der Waals surface area contributed by atoms with Gasteiger partial charge in [-0.2, -0.15) is 0 Å². The number of likely N-dealkylation sites (tertiary alicyclic amines) is 1. The van der Waals surface area contributed by atoms with Gasteiger partial charge >= 0.3 is 0 Å². The Labute approximate surface area is 159 Å². The number of nitrogens with zero attached hydrogens (tertiary/aromatic N) is 3. The van der Waals surface area contributed by atoms with Gasteiger partial charge in [0.2, 0.25) is 6.79 Å². The lowest BCUT2D eigenvalue weighted by atomic mass is 10.1. The highest BCUT2D eigenvalue weighted by Gasteiger charge is 2.40. The third-order valence-corrected chi connectivity index (χ3v) is 5.65. The van der Waals surface area contributed by atoms with Crippen molar-refractivity contribution in [3.8, 4) is 11.5 Å². The summed E-state index contributed by atoms with van der Waals surface area (Å²) in [7, 11) is 0. The highest BCUT2D eigenvalue weighted by molar-refractivity contribution is 5.44. The van der Waals surface area contributed by atoms with Gasteiger partial charge in [-0.15, -0.1) is 0 Å². The van der Waals surface area contributed by atoms with Crippen LogP contribution < -0.4 is 9.47 Å². The molecule has 4 heterocycles. The zero-order valence-corrected chi connectivity index (χ0v) is 15.6. The first-order valence-electron chi connectivity index (χ1n) is 9.64. The average Bonchev–Trinajstić information content (AvgIpc) is 3.28. The Morgan fingerprint density at radius 3 is 2.93 bits per heavy atom. The molecule has 1 aromatic carbocycles. The first-order chi connectivity index (χ1) is 13.2. The molecule has 3 aliphatic heterocycles. The first-order valence-corrected chi connectivity index (χ1v) is 9.64. The number of aryl methyl sites for hydroxylation is 1. The number of fused-ring (bicyclic) bond motifs is 2. The largest absolute Gasteiger partial charge is 0.454 e. The normalized spacial score (nSPS) is 24.9. The van der Waals surface area contributed by atoms with E-state index < -0.39 is 0 Å². The lowest BCUT2D eigenvalue weighted by Crippen LogP contribution is -2.50. The van der Waals surface area contributed by atoms with E-state index in [-0.39, 0.29) is 6.10 Å². The minimum Gasteiger partial charge on any atom is -0.454 e. The van der Waals surface area contributed by atoms with Gasteiger partial charge in [-0.25, -0.2) is 0 Å². The number of hydrogen-bond acceptors (Lipinski definition) is 6. The zero-order chi connectivity index (χ0) is 18.2. The minimum absolute atomic E-state index is 0.276. The summed E-state index contributed by atoms with van der Waals surface area (Å²) in [6.07, 6.45) is 0.276. The van der Waals surface area contributed by atoms with E-state index in [1.165, 1.54) is 5.56 Å². The van der Waals surface area contributed by atoms with Crippen molar-refractivity contribution in [2.75, 3.05) is 33.0 Å². The molecule has 0 bridgehead atoms. The molecule has 0 amide bonds. The summed E-state index contributed by atoms with van der Waals surface area (Å²) in [6, 6.07) is 12.9. The summed E-state index contributed by atoms with van der Waals surface area (Å²) in [5.74, 6) is 1.70. The predicted molar refractivity (Wildman–Crippen MR) is 101 cm³/mol. The fourth-order valence-electron chi connectivity index (χ4n) is 4.35. The van der Waals surface area contributed by atoms with Gasteiger partial charge in [0.25, 0.3) is 0 Å². The second-order valence-corrected chi connectivity index (χ2v) is 7.60. The number of ether oxygens (including phenoxy) is 3. The fourth-order valence-corrected chi connectivity index (χ4v) is 4.35. The van der Waals surface area contributed by atoms with Crippen LogP contribution in [0.3, 0.4) is 0 Å². The van der Waals surface area contributed by atoms with Crippen molar-refractivity contribution >= 4 is 0 Å². The molecule has 2 fully saturated rings. The molecule has 0 saturated carbocycles. The van der Waals surface area contributed by atoms with Crippen LogP contribution in [0.5, 0.6) is 11.5 Å². The molecule has 0 N–H and O–H groups in total. The zero-order valence-electron chi connectivity index (χ0n) is 15.6. The lowest BCUT2D eigenvalue weighted by molar-refractivity contribution is -0.0508. The van der Waals surface area contributed by atoms with E-state index in [9.17, 15) is 0 Å². The van der Waals surface area contributed by atoms with Crippen LogP contribution in [0.25, 0.3) is 0 Å². The van der Waals surface area contributed by atoms with E-state index in [0.29, 0.717) is 12.8 Å². The number of rotatable bonds is 4. The quantitative estimate of drug-likeness (QED) is 0.826. The molecular formula is C21H25N3O3. The number of aromatic nitrogens is 1. The Hall–Kier alpha value is -2.15. The van der Waals surface area contributed by atoms with Crippen LogP contribution >= 0.6 is 0 Å². The van der Waals surface area contributed by atoms with Crippen LogP contribution in [0.15, 0.2) is 36.4 Å². The molecule has 2 atom stereocenters. The highest BCUT2D eigenvalue weighted by atomic mass is 16.7. The maximum absolute atomic E-state index is 6.09. The van der Waals surface area contributed by atoms with Gasteiger partial charge in [0, 0.05) is 38.4 Å². The fraction of sp³-hybridized carbons (Fsp3) is 0.476. The van der Waals surface area contributed by atoms with Gasteiger partial charge in [0.1, 0.15) is 0 Å². The van der Waals surface area contributed by atoms with Crippen LogP contribution in [0.2, 0.25) is 0 Å².